The third kappa shape index (κ3) is 4.51. The van der Waals surface area contributed by atoms with Crippen molar-refractivity contribution in [1.82, 2.24) is 5.32 Å². The van der Waals surface area contributed by atoms with Gasteiger partial charge in [0.15, 0.2) is 0 Å². The number of fused-ring (bicyclic) bond motifs is 1. The molecule has 1 aliphatic rings. The highest BCUT2D eigenvalue weighted by atomic mass is 32.2. The summed E-state index contributed by atoms with van der Waals surface area (Å²) in [5.41, 5.74) is 1.96. The molecule has 0 radical (unpaired) electrons. The van der Waals surface area contributed by atoms with Crippen molar-refractivity contribution in [2.45, 2.75) is 75.3 Å². The van der Waals surface area contributed by atoms with Gasteiger partial charge in [0.05, 0.1) is 4.21 Å². The number of nitrogens with one attached hydrogen (secondary N) is 1. The maximum absolute atomic E-state index is 3.85. The predicted molar refractivity (Wildman–Crippen MR) is 92.9 cm³/mol. The lowest BCUT2D eigenvalue weighted by Crippen LogP contribution is -2.34. The lowest BCUT2D eigenvalue weighted by molar-refractivity contribution is 0.282. The zero-order chi connectivity index (χ0) is 14.6. The zero-order valence-corrected chi connectivity index (χ0v) is 15.0. The molecule has 0 saturated heterocycles. The van der Waals surface area contributed by atoms with E-state index in [1.54, 1.807) is 5.56 Å². The number of thiophene rings is 1. The van der Waals surface area contributed by atoms with E-state index >= 15 is 0 Å². The quantitative estimate of drug-likeness (QED) is 0.632. The maximum Gasteiger partial charge on any atom is 0.0649 e. The van der Waals surface area contributed by atoms with Crippen LogP contribution in [-0.4, -0.2) is 11.8 Å². The Morgan fingerprint density at radius 1 is 1.35 bits per heavy atom. The minimum absolute atomic E-state index is 0.416. The van der Waals surface area contributed by atoms with Gasteiger partial charge in [-0.2, -0.15) is 0 Å². The summed E-state index contributed by atoms with van der Waals surface area (Å²) >= 11 is 3.96. The lowest BCUT2D eigenvalue weighted by atomic mass is 9.86. The largest absolute Gasteiger partial charge is 0.309 e. The first-order valence-corrected chi connectivity index (χ1v) is 9.75. The van der Waals surface area contributed by atoms with Gasteiger partial charge in [0, 0.05) is 17.8 Å². The average Bonchev–Trinajstić information content (AvgIpc) is 2.84. The Bertz CT molecular complexity index is 411. The van der Waals surface area contributed by atoms with Crippen LogP contribution in [0.2, 0.25) is 0 Å². The lowest BCUT2D eigenvalue weighted by Gasteiger charge is -2.32. The van der Waals surface area contributed by atoms with E-state index in [0.29, 0.717) is 11.5 Å². The summed E-state index contributed by atoms with van der Waals surface area (Å²) in [6.07, 6.45) is 6.65. The molecule has 1 nitrogen and oxygen atoms in total. The maximum atomic E-state index is 3.85. The van der Waals surface area contributed by atoms with Gasteiger partial charge in [-0.15, -0.1) is 23.1 Å². The molecule has 0 fully saturated rings. The van der Waals surface area contributed by atoms with Crippen LogP contribution in [0.15, 0.2) is 15.7 Å². The van der Waals surface area contributed by atoms with Gasteiger partial charge < -0.3 is 5.32 Å². The molecular formula is C17H29NS2. The first kappa shape index (κ1) is 16.4. The highest BCUT2D eigenvalue weighted by molar-refractivity contribution is 8.01. The normalized spacial score (nSPS) is 22.8. The van der Waals surface area contributed by atoms with E-state index in [1.807, 2.05) is 11.3 Å². The number of thioether (sulfide) groups is 1. The predicted octanol–water partition coefficient (Wildman–Crippen LogP) is 5.87. The molecule has 2 rings (SSSR count). The van der Waals surface area contributed by atoms with Crippen molar-refractivity contribution < 1.29 is 0 Å². The Morgan fingerprint density at radius 3 is 2.90 bits per heavy atom. The fourth-order valence-electron chi connectivity index (χ4n) is 2.88. The molecule has 1 aromatic rings. The van der Waals surface area contributed by atoms with Gasteiger partial charge in [-0.05, 0) is 35.3 Å². The molecule has 1 aromatic heterocycles. The molecule has 20 heavy (non-hydrogen) atoms. The molecule has 0 aromatic carbocycles. The molecule has 0 amide bonds. The number of rotatable bonds is 7. The summed E-state index contributed by atoms with van der Waals surface area (Å²) in [5.74, 6) is 0. The molecule has 0 saturated carbocycles. The smallest absolute Gasteiger partial charge is 0.0649 e. The van der Waals surface area contributed by atoms with E-state index in [-0.39, 0.29) is 0 Å². The van der Waals surface area contributed by atoms with Crippen LogP contribution < -0.4 is 5.32 Å². The molecule has 2 heterocycles. The molecule has 1 N–H and O–H groups in total. The molecule has 0 bridgehead atoms. The Hall–Kier alpha value is 0.0100. The van der Waals surface area contributed by atoms with Gasteiger partial charge in [0.25, 0.3) is 0 Å². The van der Waals surface area contributed by atoms with E-state index in [0.717, 1.165) is 11.8 Å². The Kier molecular flexibility index (Phi) is 6.00. The van der Waals surface area contributed by atoms with Crippen LogP contribution in [0.25, 0.3) is 0 Å². The Balaban J connectivity index is 1.88. The van der Waals surface area contributed by atoms with Crippen molar-refractivity contribution in [1.29, 1.82) is 0 Å². The molecule has 0 aliphatic carbocycles. The topological polar surface area (TPSA) is 12.0 Å². The number of hydrogen-bond acceptors (Lipinski definition) is 3. The molecule has 0 spiro atoms. The van der Waals surface area contributed by atoms with Crippen LogP contribution in [0.1, 0.15) is 71.4 Å². The SMILES string of the molecule is CCCCCC(C)(C)CNC1C[C@H](C)Sc2sccc21. The highest BCUT2D eigenvalue weighted by Gasteiger charge is 2.27. The monoisotopic (exact) mass is 311 g/mol. The summed E-state index contributed by atoms with van der Waals surface area (Å²) < 4.78 is 1.53. The Morgan fingerprint density at radius 2 is 2.15 bits per heavy atom. The second kappa shape index (κ2) is 7.33. The molecule has 2 atom stereocenters. The summed E-state index contributed by atoms with van der Waals surface area (Å²) in [5, 5.41) is 6.84. The number of unbranched alkanes of at least 4 members (excludes halogenated alkanes) is 2. The van der Waals surface area contributed by atoms with Crippen molar-refractivity contribution in [3.63, 3.8) is 0 Å². The zero-order valence-electron chi connectivity index (χ0n) is 13.4. The van der Waals surface area contributed by atoms with Crippen molar-refractivity contribution in [2.24, 2.45) is 5.41 Å². The van der Waals surface area contributed by atoms with Crippen molar-refractivity contribution >= 4 is 23.1 Å². The van der Waals surface area contributed by atoms with Crippen molar-refractivity contribution in [3.05, 3.63) is 17.0 Å². The average molecular weight is 312 g/mol. The second-order valence-corrected chi connectivity index (χ2v) is 9.51. The summed E-state index contributed by atoms with van der Waals surface area (Å²) in [6, 6.07) is 2.89. The van der Waals surface area contributed by atoms with Crippen molar-refractivity contribution in [2.75, 3.05) is 6.54 Å². The van der Waals surface area contributed by atoms with Crippen LogP contribution in [0.5, 0.6) is 0 Å². The molecule has 1 unspecified atom stereocenters. The van der Waals surface area contributed by atoms with Crippen LogP contribution in [0, 0.1) is 5.41 Å². The molecule has 1 aliphatic heterocycles. The van der Waals surface area contributed by atoms with Crippen LogP contribution >= 0.6 is 23.1 Å². The fraction of sp³-hybridized carbons (Fsp3) is 0.765. The molecule has 114 valence electrons. The van der Waals surface area contributed by atoms with Crippen LogP contribution in [-0.2, 0) is 0 Å². The fourth-order valence-corrected chi connectivity index (χ4v) is 5.45. The van der Waals surface area contributed by atoms with E-state index in [4.69, 9.17) is 0 Å². The number of hydrogen-bond donors (Lipinski definition) is 1. The van der Waals surface area contributed by atoms with Gasteiger partial charge in [0.2, 0.25) is 0 Å². The van der Waals surface area contributed by atoms with E-state index in [2.05, 4.69) is 56.2 Å². The van der Waals surface area contributed by atoms with E-state index in [1.165, 1.54) is 36.3 Å². The van der Waals surface area contributed by atoms with Gasteiger partial charge in [-0.1, -0.05) is 47.0 Å². The minimum Gasteiger partial charge on any atom is -0.309 e. The third-order valence-corrected chi connectivity index (χ3v) is 6.54. The highest BCUT2D eigenvalue weighted by Crippen LogP contribution is 2.44. The summed E-state index contributed by atoms with van der Waals surface area (Å²) in [4.78, 5) is 0. The minimum atomic E-state index is 0.416. The third-order valence-electron chi connectivity index (χ3n) is 4.19. The van der Waals surface area contributed by atoms with Gasteiger partial charge in [0.1, 0.15) is 0 Å². The van der Waals surface area contributed by atoms with Gasteiger partial charge in [-0.25, -0.2) is 0 Å². The van der Waals surface area contributed by atoms with E-state index < -0.39 is 0 Å². The van der Waals surface area contributed by atoms with Crippen LogP contribution in [0.4, 0.5) is 0 Å². The van der Waals surface area contributed by atoms with E-state index in [9.17, 15) is 0 Å². The van der Waals surface area contributed by atoms with Gasteiger partial charge >= 0.3 is 0 Å². The summed E-state index contributed by atoms with van der Waals surface area (Å²) in [6.45, 7) is 10.6. The van der Waals surface area contributed by atoms with Crippen molar-refractivity contribution in [3.8, 4) is 0 Å². The second-order valence-electron chi connectivity index (χ2n) is 6.88. The first-order valence-electron chi connectivity index (χ1n) is 7.99. The molecule has 3 heteroatoms. The first-order chi connectivity index (χ1) is 9.52. The molecular weight excluding hydrogens is 282 g/mol. The van der Waals surface area contributed by atoms with Gasteiger partial charge in [-0.3, -0.25) is 0 Å². The van der Waals surface area contributed by atoms with Crippen LogP contribution in [0.3, 0.4) is 0 Å². The summed E-state index contributed by atoms with van der Waals surface area (Å²) in [7, 11) is 0. The standard InChI is InChI=1S/C17H29NS2/c1-5-6-7-9-17(3,4)12-18-15-11-13(2)20-16-14(15)8-10-19-16/h8,10,13,15,18H,5-7,9,11-12H2,1-4H3/t13-,15?/m0/s1. The Labute approximate surface area is 132 Å².